The van der Waals surface area contributed by atoms with Gasteiger partial charge in [0.2, 0.25) is 0 Å². The molecule has 86 valence electrons. The van der Waals surface area contributed by atoms with Gasteiger partial charge in [-0.25, -0.2) is 0 Å². The van der Waals surface area contributed by atoms with Gasteiger partial charge in [0, 0.05) is 10.6 Å². The fourth-order valence-electron chi connectivity index (χ4n) is 1.11. The first-order valence-electron chi connectivity index (χ1n) is 4.50. The molecule has 0 radical (unpaired) electrons. The molecule has 0 aliphatic rings. The number of aliphatic carboxylic acids is 1. The predicted molar refractivity (Wildman–Crippen MR) is 62.2 cm³/mol. The third-order valence-corrected chi connectivity index (χ3v) is 2.83. The molecular formula is C11H10Cl2O3. The average Bonchev–Trinajstić information content (AvgIpc) is 2.16. The number of hydrogen-bond acceptors (Lipinski definition) is 2. The van der Waals surface area contributed by atoms with Gasteiger partial charge < -0.3 is 5.11 Å². The minimum absolute atomic E-state index is 0.159. The highest BCUT2D eigenvalue weighted by Gasteiger charge is 2.37. The van der Waals surface area contributed by atoms with Crippen molar-refractivity contribution in [2.24, 2.45) is 5.41 Å². The van der Waals surface area contributed by atoms with E-state index in [0.29, 0.717) is 5.02 Å². The number of rotatable bonds is 3. The SMILES string of the molecule is CC(C)(C(=O)O)C(=O)c1ccc(Cl)cc1Cl. The first kappa shape index (κ1) is 13.0. The third kappa shape index (κ3) is 2.36. The molecule has 0 heterocycles. The molecule has 3 nitrogen and oxygen atoms in total. The van der Waals surface area contributed by atoms with E-state index in [0.717, 1.165) is 0 Å². The van der Waals surface area contributed by atoms with Gasteiger partial charge in [-0.1, -0.05) is 23.2 Å². The summed E-state index contributed by atoms with van der Waals surface area (Å²) in [6, 6.07) is 4.34. The Morgan fingerprint density at radius 3 is 2.25 bits per heavy atom. The smallest absolute Gasteiger partial charge is 0.316 e. The van der Waals surface area contributed by atoms with Crippen LogP contribution in [0.5, 0.6) is 0 Å². The molecule has 0 atom stereocenters. The molecule has 0 spiro atoms. The largest absolute Gasteiger partial charge is 0.481 e. The summed E-state index contributed by atoms with van der Waals surface area (Å²) in [5.41, 5.74) is -1.34. The minimum atomic E-state index is -1.50. The molecule has 1 N–H and O–H groups in total. The molecular weight excluding hydrogens is 251 g/mol. The number of carboxylic acids is 1. The van der Waals surface area contributed by atoms with Crippen molar-refractivity contribution in [3.8, 4) is 0 Å². The molecule has 0 saturated carbocycles. The number of halogens is 2. The van der Waals surface area contributed by atoms with Gasteiger partial charge in [-0.2, -0.15) is 0 Å². The summed E-state index contributed by atoms with van der Waals surface area (Å²) in [5, 5.41) is 9.49. The molecule has 0 unspecified atom stereocenters. The van der Waals surface area contributed by atoms with Gasteiger partial charge in [0.15, 0.2) is 5.78 Å². The zero-order valence-electron chi connectivity index (χ0n) is 8.75. The summed E-state index contributed by atoms with van der Waals surface area (Å²) in [5.74, 6) is -1.73. The molecule has 16 heavy (non-hydrogen) atoms. The normalized spacial score (nSPS) is 11.2. The van der Waals surface area contributed by atoms with Crippen molar-refractivity contribution >= 4 is 35.0 Å². The predicted octanol–water partition coefficient (Wildman–Crippen LogP) is 3.29. The lowest BCUT2D eigenvalue weighted by molar-refractivity contribution is -0.144. The van der Waals surface area contributed by atoms with Crippen LogP contribution in [-0.2, 0) is 4.79 Å². The third-order valence-electron chi connectivity index (χ3n) is 2.28. The van der Waals surface area contributed by atoms with Crippen molar-refractivity contribution in [1.82, 2.24) is 0 Å². The van der Waals surface area contributed by atoms with Gasteiger partial charge >= 0.3 is 5.97 Å². The molecule has 0 saturated heterocycles. The van der Waals surface area contributed by atoms with Crippen LogP contribution < -0.4 is 0 Å². The van der Waals surface area contributed by atoms with Crippen LogP contribution in [0.3, 0.4) is 0 Å². The van der Waals surface area contributed by atoms with Crippen molar-refractivity contribution in [2.45, 2.75) is 13.8 Å². The quantitative estimate of drug-likeness (QED) is 0.671. The van der Waals surface area contributed by atoms with E-state index in [1.807, 2.05) is 0 Å². The van der Waals surface area contributed by atoms with Gasteiger partial charge in [-0.3, -0.25) is 9.59 Å². The van der Waals surface area contributed by atoms with Crippen LogP contribution in [0.25, 0.3) is 0 Å². The maximum atomic E-state index is 11.9. The first-order chi connectivity index (χ1) is 7.26. The Bertz CT molecular complexity index is 453. The Balaban J connectivity index is 3.20. The van der Waals surface area contributed by atoms with E-state index in [2.05, 4.69) is 0 Å². The summed E-state index contributed by atoms with van der Waals surface area (Å²) in [6.07, 6.45) is 0. The molecule has 0 amide bonds. The number of benzene rings is 1. The molecule has 0 fully saturated rings. The Hall–Kier alpha value is -1.06. The van der Waals surface area contributed by atoms with E-state index < -0.39 is 17.2 Å². The monoisotopic (exact) mass is 260 g/mol. The van der Waals surface area contributed by atoms with E-state index in [1.165, 1.54) is 32.0 Å². The number of ketones is 1. The molecule has 0 aromatic heterocycles. The standard InChI is InChI=1S/C11H10Cl2O3/c1-11(2,10(15)16)9(14)7-4-3-6(12)5-8(7)13/h3-5H,1-2H3,(H,15,16). The molecule has 1 aromatic rings. The van der Waals surface area contributed by atoms with Gasteiger partial charge in [-0.15, -0.1) is 0 Å². The van der Waals surface area contributed by atoms with E-state index in [9.17, 15) is 9.59 Å². The topological polar surface area (TPSA) is 54.4 Å². The van der Waals surface area contributed by atoms with Crippen LogP contribution in [0.2, 0.25) is 10.0 Å². The first-order valence-corrected chi connectivity index (χ1v) is 5.25. The second kappa shape index (κ2) is 4.44. The summed E-state index contributed by atoms with van der Waals surface area (Å²) < 4.78 is 0. The van der Waals surface area contributed by atoms with E-state index in [-0.39, 0.29) is 10.6 Å². The Kier molecular flexibility index (Phi) is 3.61. The second-order valence-corrected chi connectivity index (χ2v) is 4.73. The Morgan fingerprint density at radius 2 is 1.81 bits per heavy atom. The molecule has 0 aliphatic carbocycles. The maximum absolute atomic E-state index is 11.9. The van der Waals surface area contributed by atoms with Crippen LogP contribution in [-0.4, -0.2) is 16.9 Å². The van der Waals surface area contributed by atoms with Crippen molar-refractivity contribution in [1.29, 1.82) is 0 Å². The zero-order valence-corrected chi connectivity index (χ0v) is 10.3. The van der Waals surface area contributed by atoms with Gasteiger partial charge in [0.25, 0.3) is 0 Å². The van der Waals surface area contributed by atoms with Crippen molar-refractivity contribution < 1.29 is 14.7 Å². The van der Waals surface area contributed by atoms with Crippen LogP contribution in [0.15, 0.2) is 18.2 Å². The highest BCUT2D eigenvalue weighted by atomic mass is 35.5. The van der Waals surface area contributed by atoms with Gasteiger partial charge in [0.1, 0.15) is 5.41 Å². The zero-order chi connectivity index (χ0) is 12.5. The maximum Gasteiger partial charge on any atom is 0.316 e. The molecule has 1 aromatic carbocycles. The number of Topliss-reactive ketones (excluding diaryl/α,β-unsaturated/α-hetero) is 1. The van der Waals surface area contributed by atoms with Crippen LogP contribution in [0.4, 0.5) is 0 Å². The lowest BCUT2D eigenvalue weighted by atomic mass is 9.84. The number of carboxylic acid groups (broad SMARTS) is 1. The molecule has 1 rings (SSSR count). The Labute approximate surface area is 103 Å². The van der Waals surface area contributed by atoms with Crippen molar-refractivity contribution in [2.75, 3.05) is 0 Å². The molecule has 0 aliphatic heterocycles. The van der Waals surface area contributed by atoms with Crippen LogP contribution in [0.1, 0.15) is 24.2 Å². The van der Waals surface area contributed by atoms with Crippen molar-refractivity contribution in [3.63, 3.8) is 0 Å². The van der Waals surface area contributed by atoms with E-state index in [4.69, 9.17) is 28.3 Å². The Morgan fingerprint density at radius 1 is 1.25 bits per heavy atom. The fraction of sp³-hybridized carbons (Fsp3) is 0.273. The number of hydrogen-bond donors (Lipinski definition) is 1. The van der Waals surface area contributed by atoms with Gasteiger partial charge in [0.05, 0.1) is 5.02 Å². The van der Waals surface area contributed by atoms with Crippen LogP contribution >= 0.6 is 23.2 Å². The minimum Gasteiger partial charge on any atom is -0.481 e. The summed E-state index contributed by atoms with van der Waals surface area (Å²) in [4.78, 5) is 22.9. The molecule has 5 heteroatoms. The molecule has 0 bridgehead atoms. The lowest BCUT2D eigenvalue weighted by Gasteiger charge is -2.18. The van der Waals surface area contributed by atoms with E-state index >= 15 is 0 Å². The summed E-state index contributed by atoms with van der Waals surface area (Å²) >= 11 is 11.5. The number of carbonyl (C=O) groups excluding carboxylic acids is 1. The highest BCUT2D eigenvalue weighted by Crippen LogP contribution is 2.28. The highest BCUT2D eigenvalue weighted by molar-refractivity contribution is 6.37. The summed E-state index contributed by atoms with van der Waals surface area (Å²) in [6.45, 7) is 2.67. The van der Waals surface area contributed by atoms with Crippen LogP contribution in [0, 0.1) is 5.41 Å². The van der Waals surface area contributed by atoms with Gasteiger partial charge in [-0.05, 0) is 32.0 Å². The summed E-state index contributed by atoms with van der Waals surface area (Å²) in [7, 11) is 0. The van der Waals surface area contributed by atoms with Crippen molar-refractivity contribution in [3.05, 3.63) is 33.8 Å². The average molecular weight is 261 g/mol. The number of carbonyl (C=O) groups is 2. The second-order valence-electron chi connectivity index (χ2n) is 3.88. The fourth-order valence-corrected chi connectivity index (χ4v) is 1.60. The van der Waals surface area contributed by atoms with E-state index in [1.54, 1.807) is 0 Å². The lowest BCUT2D eigenvalue weighted by Crippen LogP contribution is -2.33.